The van der Waals surface area contributed by atoms with Crippen molar-refractivity contribution >= 4 is 29.4 Å². The lowest BCUT2D eigenvalue weighted by molar-refractivity contribution is -0.143. The summed E-state index contributed by atoms with van der Waals surface area (Å²) in [5.74, 6) is -2.41. The number of aromatic nitrogens is 2. The SMILES string of the molecule is CCOC(=O)N1c2ccc(C(F)(F)F)cc2[C@@H](Nc2ncc(NCC(C)C(=O)O)c(Cc3cc(C(F)(F)F)cc(C(F)(F)F)c3)n2)C[C@H]1CC. The number of hydrogen-bond acceptors (Lipinski definition) is 7. The van der Waals surface area contributed by atoms with Crippen molar-refractivity contribution < 1.29 is 58.9 Å². The molecule has 1 aliphatic heterocycles. The lowest BCUT2D eigenvalue weighted by Crippen LogP contribution is -2.46. The van der Waals surface area contributed by atoms with Gasteiger partial charge in [0.2, 0.25) is 5.95 Å². The Balaban J connectivity index is 1.80. The normalized spacial score (nSPS) is 17.2. The molecule has 0 saturated carbocycles. The first-order valence-electron chi connectivity index (χ1n) is 15.3. The number of rotatable bonds is 10. The van der Waals surface area contributed by atoms with Crippen molar-refractivity contribution in [2.45, 2.75) is 70.6 Å². The first kappa shape index (κ1) is 38.0. The van der Waals surface area contributed by atoms with E-state index >= 15 is 0 Å². The summed E-state index contributed by atoms with van der Waals surface area (Å²) in [6.45, 7) is 4.46. The Hall–Kier alpha value is -4.77. The van der Waals surface area contributed by atoms with Gasteiger partial charge in [0, 0.05) is 19.0 Å². The van der Waals surface area contributed by atoms with Crippen LogP contribution in [0.4, 0.5) is 61.6 Å². The van der Waals surface area contributed by atoms with E-state index < -0.39 is 77.3 Å². The average molecular weight is 722 g/mol. The van der Waals surface area contributed by atoms with E-state index in [2.05, 4.69) is 20.6 Å². The van der Waals surface area contributed by atoms with Crippen molar-refractivity contribution in [3.8, 4) is 0 Å². The second-order valence-corrected chi connectivity index (χ2v) is 11.6. The molecule has 2 aromatic carbocycles. The third-order valence-electron chi connectivity index (χ3n) is 8.01. The van der Waals surface area contributed by atoms with Crippen LogP contribution in [0.5, 0.6) is 0 Å². The van der Waals surface area contributed by atoms with Crippen LogP contribution in [0.1, 0.15) is 73.2 Å². The van der Waals surface area contributed by atoms with Gasteiger partial charge in [0.25, 0.3) is 0 Å². The van der Waals surface area contributed by atoms with Crippen molar-refractivity contribution in [2.24, 2.45) is 5.92 Å². The highest BCUT2D eigenvalue weighted by molar-refractivity contribution is 5.90. The number of amides is 1. The molecule has 1 unspecified atom stereocenters. The average Bonchev–Trinajstić information content (AvgIpc) is 3.02. The second-order valence-electron chi connectivity index (χ2n) is 11.6. The van der Waals surface area contributed by atoms with Gasteiger partial charge >= 0.3 is 30.6 Å². The van der Waals surface area contributed by atoms with Crippen LogP contribution in [0.25, 0.3) is 0 Å². The van der Waals surface area contributed by atoms with E-state index in [0.29, 0.717) is 18.6 Å². The number of alkyl halides is 9. The van der Waals surface area contributed by atoms with Gasteiger partial charge in [-0.25, -0.2) is 14.8 Å². The van der Waals surface area contributed by atoms with E-state index in [1.165, 1.54) is 11.8 Å². The maximum absolute atomic E-state index is 13.8. The van der Waals surface area contributed by atoms with Crippen LogP contribution in [-0.2, 0) is 34.5 Å². The maximum Gasteiger partial charge on any atom is 0.416 e. The van der Waals surface area contributed by atoms with Gasteiger partial charge in [0.05, 0.1) is 58.5 Å². The smallest absolute Gasteiger partial charge is 0.416 e. The minimum absolute atomic E-state index is 0.00190. The Morgan fingerprint density at radius 2 is 1.58 bits per heavy atom. The molecule has 50 heavy (non-hydrogen) atoms. The summed E-state index contributed by atoms with van der Waals surface area (Å²) in [5, 5.41) is 15.0. The first-order valence-corrected chi connectivity index (χ1v) is 15.3. The van der Waals surface area contributed by atoms with E-state index in [1.54, 1.807) is 13.8 Å². The van der Waals surface area contributed by atoms with E-state index in [9.17, 15) is 54.2 Å². The number of halogens is 9. The van der Waals surface area contributed by atoms with Crippen molar-refractivity contribution in [1.29, 1.82) is 0 Å². The Labute approximate surface area is 279 Å². The summed E-state index contributed by atoms with van der Waals surface area (Å²) in [5.41, 5.74) is -4.53. The molecule has 0 radical (unpaired) electrons. The molecule has 272 valence electrons. The predicted molar refractivity (Wildman–Crippen MR) is 163 cm³/mol. The maximum atomic E-state index is 13.8. The number of carboxylic acid groups (broad SMARTS) is 1. The van der Waals surface area contributed by atoms with E-state index in [-0.39, 0.29) is 54.2 Å². The summed E-state index contributed by atoms with van der Waals surface area (Å²) < 4.78 is 128. The molecule has 18 heteroatoms. The Kier molecular flexibility index (Phi) is 11.1. The molecule has 0 spiro atoms. The zero-order valence-electron chi connectivity index (χ0n) is 26.7. The highest BCUT2D eigenvalue weighted by Gasteiger charge is 2.40. The number of nitrogens with zero attached hydrogens (tertiary/aromatic N) is 3. The molecule has 0 aliphatic carbocycles. The third-order valence-corrected chi connectivity index (χ3v) is 8.01. The zero-order chi connectivity index (χ0) is 37.2. The first-order chi connectivity index (χ1) is 23.2. The molecule has 0 saturated heterocycles. The van der Waals surface area contributed by atoms with Crippen LogP contribution in [-0.4, -0.2) is 46.3 Å². The largest absolute Gasteiger partial charge is 0.481 e. The fourth-order valence-electron chi connectivity index (χ4n) is 5.45. The highest BCUT2D eigenvalue weighted by Crippen LogP contribution is 2.43. The van der Waals surface area contributed by atoms with Crippen molar-refractivity contribution in [1.82, 2.24) is 9.97 Å². The molecule has 1 amide bonds. The molecule has 2 heterocycles. The number of anilines is 3. The number of carbonyl (C=O) groups excluding carboxylic acids is 1. The molecular weight excluding hydrogens is 689 g/mol. The van der Waals surface area contributed by atoms with Crippen LogP contribution in [0.2, 0.25) is 0 Å². The van der Waals surface area contributed by atoms with E-state index in [0.717, 1.165) is 24.4 Å². The highest BCUT2D eigenvalue weighted by atomic mass is 19.4. The fourth-order valence-corrected chi connectivity index (χ4v) is 5.45. The van der Waals surface area contributed by atoms with Gasteiger partial charge in [0.1, 0.15) is 0 Å². The van der Waals surface area contributed by atoms with Gasteiger partial charge in [0.15, 0.2) is 0 Å². The third kappa shape index (κ3) is 8.87. The predicted octanol–water partition coefficient (Wildman–Crippen LogP) is 8.55. The lowest BCUT2D eigenvalue weighted by Gasteiger charge is -2.40. The Morgan fingerprint density at radius 1 is 0.960 bits per heavy atom. The number of nitrogens with one attached hydrogen (secondary N) is 2. The minimum atomic E-state index is -5.12. The van der Waals surface area contributed by atoms with Crippen LogP contribution in [0, 0.1) is 5.92 Å². The summed E-state index contributed by atoms with van der Waals surface area (Å²) in [7, 11) is 0. The molecule has 3 atom stereocenters. The fraction of sp³-hybridized carbons (Fsp3) is 0.438. The van der Waals surface area contributed by atoms with Gasteiger partial charge in [-0.1, -0.05) is 13.8 Å². The van der Waals surface area contributed by atoms with Crippen LogP contribution >= 0.6 is 0 Å². The number of ether oxygens (including phenoxy) is 1. The molecule has 0 fully saturated rings. The zero-order valence-corrected chi connectivity index (χ0v) is 26.7. The Morgan fingerprint density at radius 3 is 2.12 bits per heavy atom. The standard InChI is InChI=1S/C32H32F9N5O4/c1-4-21-13-23(22-12-18(30(33,34)35)6-7-26(22)46(21)29(49)50-5-2)44-28-43-15-25(42-14-16(3)27(47)48)24(45-28)10-17-8-19(31(36,37)38)11-20(9-17)32(39,40)41/h6-9,11-12,15-16,21,23,42H,4-5,10,13-14H2,1-3H3,(H,47,48)(H,43,44,45)/t16?,21-,23+/m1/s1. The second kappa shape index (κ2) is 14.6. The minimum Gasteiger partial charge on any atom is -0.481 e. The molecule has 1 aromatic heterocycles. The monoisotopic (exact) mass is 721 g/mol. The molecular formula is C32H32F9N5O4. The summed E-state index contributed by atoms with van der Waals surface area (Å²) in [6, 6.07) is 2.32. The summed E-state index contributed by atoms with van der Waals surface area (Å²) in [6.07, 6.45) is -14.8. The van der Waals surface area contributed by atoms with Crippen LogP contribution in [0.15, 0.2) is 42.6 Å². The molecule has 3 aromatic rings. The number of benzene rings is 2. The molecule has 1 aliphatic rings. The van der Waals surface area contributed by atoms with E-state index in [4.69, 9.17) is 4.74 Å². The number of fused-ring (bicyclic) bond motifs is 1. The molecule has 0 bridgehead atoms. The van der Waals surface area contributed by atoms with Crippen LogP contribution in [0.3, 0.4) is 0 Å². The molecule has 3 N–H and O–H groups in total. The lowest BCUT2D eigenvalue weighted by atomic mass is 9.89. The van der Waals surface area contributed by atoms with Gasteiger partial charge < -0.3 is 20.5 Å². The summed E-state index contributed by atoms with van der Waals surface area (Å²) in [4.78, 5) is 34.0. The molecule has 4 rings (SSSR count). The van der Waals surface area contributed by atoms with Gasteiger partial charge in [-0.3, -0.25) is 9.69 Å². The number of carboxylic acids is 1. The van der Waals surface area contributed by atoms with Crippen molar-refractivity contribution in [2.75, 3.05) is 28.7 Å². The Bertz CT molecular complexity index is 1680. The van der Waals surface area contributed by atoms with Crippen molar-refractivity contribution in [3.05, 3.63) is 76.1 Å². The summed E-state index contributed by atoms with van der Waals surface area (Å²) >= 11 is 0. The van der Waals surface area contributed by atoms with Gasteiger partial charge in [-0.15, -0.1) is 0 Å². The number of carbonyl (C=O) groups is 2. The van der Waals surface area contributed by atoms with Gasteiger partial charge in [-0.2, -0.15) is 39.5 Å². The number of hydrogen-bond donors (Lipinski definition) is 3. The van der Waals surface area contributed by atoms with Crippen molar-refractivity contribution in [3.63, 3.8) is 0 Å². The topological polar surface area (TPSA) is 117 Å². The van der Waals surface area contributed by atoms with Crippen LogP contribution < -0.4 is 15.5 Å². The van der Waals surface area contributed by atoms with E-state index in [1.807, 2.05) is 0 Å². The van der Waals surface area contributed by atoms with Gasteiger partial charge in [-0.05, 0) is 67.3 Å². The number of aliphatic carboxylic acids is 1. The molecule has 9 nitrogen and oxygen atoms in total. The quantitative estimate of drug-likeness (QED) is 0.179.